The molecule has 0 unspecified atom stereocenters. The van der Waals surface area contributed by atoms with E-state index in [4.69, 9.17) is 4.98 Å². The van der Waals surface area contributed by atoms with Crippen LogP contribution in [0.25, 0.3) is 17.2 Å². The number of hydrogen-bond donors (Lipinski definition) is 1. The summed E-state index contributed by atoms with van der Waals surface area (Å²) in [5.74, 6) is -2.10. The van der Waals surface area contributed by atoms with Gasteiger partial charge in [-0.1, -0.05) is 12.1 Å². The number of rotatable bonds is 3. The Morgan fingerprint density at radius 1 is 1.06 bits per heavy atom. The third-order valence-corrected chi connectivity index (χ3v) is 5.29. The molecule has 0 saturated carbocycles. The molecular formula is C23H17F2N5O. The quantitative estimate of drug-likeness (QED) is 0.538. The summed E-state index contributed by atoms with van der Waals surface area (Å²) in [5.41, 5.74) is 3.71. The summed E-state index contributed by atoms with van der Waals surface area (Å²) < 4.78 is 29.6. The molecule has 0 fully saturated rings. The van der Waals surface area contributed by atoms with Crippen molar-refractivity contribution in [3.8, 4) is 17.2 Å². The number of nitrogens with zero attached hydrogens (tertiary/aromatic N) is 4. The summed E-state index contributed by atoms with van der Waals surface area (Å²) >= 11 is 0. The normalized spacial score (nSPS) is 12.6. The summed E-state index contributed by atoms with van der Waals surface area (Å²) in [5, 5.41) is 2.60. The standard InChI is InChI=1S/C23H17F2N5O/c24-18-5-2-6-19(25)20(18)22(31)28-16-7-8-17-14(11-16)3-1-4-15-12-27-23(29-21(15)17)30-10-9-26-13-30/h2,5-13H,1,3-4H2,(H,28,31). The molecule has 0 radical (unpaired) electrons. The third kappa shape index (κ3) is 3.56. The first-order valence-corrected chi connectivity index (χ1v) is 9.83. The largest absolute Gasteiger partial charge is 0.322 e. The minimum Gasteiger partial charge on any atom is -0.322 e. The van der Waals surface area contributed by atoms with Crippen LogP contribution in [0.15, 0.2) is 61.3 Å². The Morgan fingerprint density at radius 3 is 2.65 bits per heavy atom. The van der Waals surface area contributed by atoms with Gasteiger partial charge < -0.3 is 5.32 Å². The van der Waals surface area contributed by atoms with E-state index in [1.165, 1.54) is 6.07 Å². The van der Waals surface area contributed by atoms with E-state index in [0.717, 1.165) is 53.8 Å². The molecule has 154 valence electrons. The maximum absolute atomic E-state index is 13.9. The first kappa shape index (κ1) is 19.0. The van der Waals surface area contributed by atoms with Crippen LogP contribution in [0.1, 0.15) is 27.9 Å². The lowest BCUT2D eigenvalue weighted by molar-refractivity contribution is 0.101. The molecule has 4 aromatic rings. The fraction of sp³-hybridized carbons (Fsp3) is 0.130. The number of anilines is 1. The predicted octanol–water partition coefficient (Wildman–Crippen LogP) is 4.35. The van der Waals surface area contributed by atoms with Gasteiger partial charge in [-0.15, -0.1) is 0 Å². The molecule has 5 rings (SSSR count). The molecule has 0 saturated heterocycles. The Kier molecular flexibility index (Phi) is 4.74. The summed E-state index contributed by atoms with van der Waals surface area (Å²) in [4.78, 5) is 25.7. The number of imidazole rings is 1. The molecule has 0 bridgehead atoms. The van der Waals surface area contributed by atoms with Crippen molar-refractivity contribution in [1.29, 1.82) is 0 Å². The van der Waals surface area contributed by atoms with Crippen molar-refractivity contribution < 1.29 is 13.6 Å². The molecule has 0 spiro atoms. The van der Waals surface area contributed by atoms with Gasteiger partial charge in [-0.05, 0) is 54.7 Å². The van der Waals surface area contributed by atoms with Gasteiger partial charge in [0.05, 0.1) is 5.69 Å². The summed E-state index contributed by atoms with van der Waals surface area (Å²) in [6.45, 7) is 0. The number of aromatic nitrogens is 4. The second kappa shape index (κ2) is 7.71. The lowest BCUT2D eigenvalue weighted by Gasteiger charge is -2.13. The summed E-state index contributed by atoms with van der Waals surface area (Å²) in [7, 11) is 0. The van der Waals surface area contributed by atoms with Gasteiger partial charge in [0, 0.05) is 29.8 Å². The van der Waals surface area contributed by atoms with E-state index >= 15 is 0 Å². The van der Waals surface area contributed by atoms with Gasteiger partial charge in [-0.2, -0.15) is 0 Å². The van der Waals surface area contributed by atoms with Crippen molar-refractivity contribution in [2.24, 2.45) is 0 Å². The van der Waals surface area contributed by atoms with Gasteiger partial charge in [0.2, 0.25) is 5.95 Å². The molecule has 6 nitrogen and oxygen atoms in total. The van der Waals surface area contributed by atoms with E-state index in [0.29, 0.717) is 11.6 Å². The average Bonchev–Trinajstić information content (AvgIpc) is 3.23. The number of carbonyl (C=O) groups excluding carboxylic acids is 1. The zero-order valence-corrected chi connectivity index (χ0v) is 16.3. The Labute approximate surface area is 176 Å². The Hall–Kier alpha value is -3.94. The highest BCUT2D eigenvalue weighted by Crippen LogP contribution is 2.33. The average molecular weight is 417 g/mol. The van der Waals surface area contributed by atoms with E-state index in [2.05, 4.69) is 15.3 Å². The number of nitrogens with one attached hydrogen (secondary N) is 1. The van der Waals surface area contributed by atoms with Crippen LogP contribution in [0.5, 0.6) is 0 Å². The Morgan fingerprint density at radius 2 is 1.87 bits per heavy atom. The topological polar surface area (TPSA) is 72.7 Å². The number of benzene rings is 2. The molecule has 1 amide bonds. The summed E-state index contributed by atoms with van der Waals surface area (Å²) in [6.07, 6.45) is 9.42. The van der Waals surface area contributed by atoms with Crippen molar-refractivity contribution in [1.82, 2.24) is 19.5 Å². The summed E-state index contributed by atoms with van der Waals surface area (Å²) in [6, 6.07) is 8.76. The number of fused-ring (bicyclic) bond motifs is 3. The molecule has 31 heavy (non-hydrogen) atoms. The highest BCUT2D eigenvalue weighted by Gasteiger charge is 2.20. The second-order valence-corrected chi connectivity index (χ2v) is 7.29. The van der Waals surface area contributed by atoms with E-state index in [1.807, 2.05) is 18.3 Å². The molecule has 2 aromatic carbocycles. The number of hydrogen-bond acceptors (Lipinski definition) is 4. The molecule has 8 heteroatoms. The van der Waals surface area contributed by atoms with Crippen molar-refractivity contribution in [3.63, 3.8) is 0 Å². The lowest BCUT2D eigenvalue weighted by atomic mass is 10.0. The SMILES string of the molecule is O=C(Nc1ccc2c(c1)CCCc1cnc(-n3ccnc3)nc1-2)c1c(F)cccc1F. The second-order valence-electron chi connectivity index (χ2n) is 7.29. The fourth-order valence-electron chi connectivity index (χ4n) is 3.80. The minimum atomic E-state index is -0.898. The lowest BCUT2D eigenvalue weighted by Crippen LogP contribution is -2.16. The molecule has 0 aliphatic heterocycles. The Balaban J connectivity index is 1.50. The van der Waals surface area contributed by atoms with Crippen LogP contribution in [0.4, 0.5) is 14.5 Å². The van der Waals surface area contributed by atoms with Crippen molar-refractivity contribution >= 4 is 11.6 Å². The molecule has 0 atom stereocenters. The van der Waals surface area contributed by atoms with Gasteiger partial charge in [-0.25, -0.2) is 23.7 Å². The van der Waals surface area contributed by atoms with E-state index in [1.54, 1.807) is 29.4 Å². The fourth-order valence-corrected chi connectivity index (χ4v) is 3.80. The monoisotopic (exact) mass is 417 g/mol. The van der Waals surface area contributed by atoms with E-state index in [9.17, 15) is 13.6 Å². The van der Waals surface area contributed by atoms with Gasteiger partial charge in [0.25, 0.3) is 5.91 Å². The smallest absolute Gasteiger partial charge is 0.261 e. The third-order valence-electron chi connectivity index (χ3n) is 5.29. The van der Waals surface area contributed by atoms with Crippen molar-refractivity contribution in [2.45, 2.75) is 19.3 Å². The first-order valence-electron chi connectivity index (χ1n) is 9.83. The van der Waals surface area contributed by atoms with Crippen LogP contribution in [0.2, 0.25) is 0 Å². The molecule has 1 aliphatic carbocycles. The molecule has 2 heterocycles. The van der Waals surface area contributed by atoms with Gasteiger partial charge >= 0.3 is 0 Å². The zero-order valence-electron chi connectivity index (χ0n) is 16.3. The number of halogens is 2. The van der Waals surface area contributed by atoms with E-state index < -0.39 is 23.1 Å². The maximum Gasteiger partial charge on any atom is 0.261 e. The minimum absolute atomic E-state index is 0.471. The van der Waals surface area contributed by atoms with Crippen LogP contribution in [0.3, 0.4) is 0 Å². The zero-order chi connectivity index (χ0) is 21.4. The van der Waals surface area contributed by atoms with Crippen LogP contribution < -0.4 is 5.32 Å². The van der Waals surface area contributed by atoms with Gasteiger partial charge in [0.15, 0.2) is 0 Å². The van der Waals surface area contributed by atoms with Crippen molar-refractivity contribution in [3.05, 3.63) is 89.6 Å². The first-order chi connectivity index (χ1) is 15.1. The molecule has 1 N–H and O–H groups in total. The van der Waals surface area contributed by atoms with Crippen LogP contribution in [-0.2, 0) is 12.8 Å². The van der Waals surface area contributed by atoms with Crippen LogP contribution in [0, 0.1) is 11.6 Å². The van der Waals surface area contributed by atoms with Crippen LogP contribution in [-0.4, -0.2) is 25.4 Å². The number of carbonyl (C=O) groups is 1. The Bertz CT molecular complexity index is 1270. The van der Waals surface area contributed by atoms with Crippen LogP contribution >= 0.6 is 0 Å². The molecular weight excluding hydrogens is 400 g/mol. The molecule has 1 aliphatic rings. The van der Waals surface area contributed by atoms with Crippen molar-refractivity contribution in [2.75, 3.05) is 5.32 Å². The number of aryl methyl sites for hydroxylation is 2. The predicted molar refractivity (Wildman–Crippen MR) is 111 cm³/mol. The maximum atomic E-state index is 13.9. The highest BCUT2D eigenvalue weighted by molar-refractivity contribution is 6.04. The number of amides is 1. The molecule has 2 aromatic heterocycles. The van der Waals surface area contributed by atoms with Gasteiger partial charge in [0.1, 0.15) is 23.5 Å². The highest BCUT2D eigenvalue weighted by atomic mass is 19.1. The van der Waals surface area contributed by atoms with Gasteiger partial charge in [-0.3, -0.25) is 9.36 Å². The van der Waals surface area contributed by atoms with E-state index in [-0.39, 0.29) is 0 Å².